The van der Waals surface area contributed by atoms with Gasteiger partial charge in [0.25, 0.3) is 10.1 Å². The van der Waals surface area contributed by atoms with E-state index in [1.807, 2.05) is 19.9 Å². The first-order valence-electron chi connectivity index (χ1n) is 5.40. The van der Waals surface area contributed by atoms with E-state index in [1.165, 1.54) is 12.1 Å². The van der Waals surface area contributed by atoms with Crippen molar-refractivity contribution in [3.63, 3.8) is 0 Å². The molecule has 0 fully saturated rings. The molecule has 0 radical (unpaired) electrons. The molecule has 0 unspecified atom stereocenters. The van der Waals surface area contributed by atoms with Crippen LogP contribution in [-0.4, -0.2) is 23.2 Å². The molecule has 5 nitrogen and oxygen atoms in total. The van der Waals surface area contributed by atoms with Gasteiger partial charge in [0.2, 0.25) is 0 Å². The van der Waals surface area contributed by atoms with Gasteiger partial charge in [0.05, 0.1) is 4.90 Å². The molecule has 0 aliphatic rings. The number of nitrogens with one attached hydrogen (secondary N) is 1. The van der Waals surface area contributed by atoms with Crippen LogP contribution in [0.5, 0.6) is 0 Å². The smallest absolute Gasteiger partial charge is 0.282 e. The van der Waals surface area contributed by atoms with E-state index in [2.05, 4.69) is 10.2 Å². The minimum atomic E-state index is -4.14. The summed E-state index contributed by atoms with van der Waals surface area (Å²) in [5, 5.41) is 6.81. The van der Waals surface area contributed by atoms with Crippen LogP contribution in [0.3, 0.4) is 0 Å². The Kier molecular flexibility index (Phi) is 3.00. The molecule has 2 N–H and O–H groups in total. The average molecular weight is 266 g/mol. The van der Waals surface area contributed by atoms with Gasteiger partial charge in [-0.05, 0) is 23.8 Å². The Morgan fingerprint density at radius 3 is 2.22 bits per heavy atom. The number of nitrogens with zero attached hydrogens (tertiary/aromatic N) is 1. The minimum Gasteiger partial charge on any atom is -0.282 e. The number of aromatic amines is 1. The third kappa shape index (κ3) is 2.30. The van der Waals surface area contributed by atoms with Crippen molar-refractivity contribution in [2.75, 3.05) is 0 Å². The first-order chi connectivity index (χ1) is 8.32. The summed E-state index contributed by atoms with van der Waals surface area (Å²) in [4.78, 5) is -0.105. The van der Waals surface area contributed by atoms with Crippen LogP contribution >= 0.6 is 0 Å². The van der Waals surface area contributed by atoms with Crippen LogP contribution in [0.2, 0.25) is 0 Å². The highest BCUT2D eigenvalue weighted by Gasteiger charge is 2.24. The fourth-order valence-corrected chi connectivity index (χ4v) is 2.28. The fourth-order valence-electron chi connectivity index (χ4n) is 1.80. The predicted octanol–water partition coefficient (Wildman–Crippen LogP) is 1.98. The van der Waals surface area contributed by atoms with Crippen LogP contribution in [0.15, 0.2) is 41.4 Å². The molecule has 2 rings (SSSR count). The number of rotatable bonds is 3. The summed E-state index contributed by atoms with van der Waals surface area (Å²) in [5.41, 5.74) is 1.55. The molecule has 1 aromatic carbocycles. The fraction of sp³-hybridized carbons (Fsp3) is 0.250. The van der Waals surface area contributed by atoms with E-state index in [9.17, 15) is 8.42 Å². The molecule has 0 saturated heterocycles. The van der Waals surface area contributed by atoms with Gasteiger partial charge in [-0.2, -0.15) is 13.5 Å². The molecular weight excluding hydrogens is 252 g/mol. The lowest BCUT2D eigenvalue weighted by Crippen LogP contribution is -2.19. The zero-order valence-electron chi connectivity index (χ0n) is 10.1. The number of benzene rings is 1. The maximum Gasteiger partial charge on any atom is 0.294 e. The van der Waals surface area contributed by atoms with Gasteiger partial charge in [-0.3, -0.25) is 9.65 Å². The lowest BCUT2D eigenvalue weighted by Gasteiger charge is -2.23. The minimum absolute atomic E-state index is 0.105. The molecule has 0 atom stereocenters. The van der Waals surface area contributed by atoms with Crippen molar-refractivity contribution in [2.45, 2.75) is 24.2 Å². The Labute approximate surface area is 106 Å². The van der Waals surface area contributed by atoms with E-state index < -0.39 is 10.1 Å². The van der Waals surface area contributed by atoms with Gasteiger partial charge in [0.15, 0.2) is 0 Å². The molecule has 0 spiro atoms. The van der Waals surface area contributed by atoms with E-state index in [4.69, 9.17) is 4.55 Å². The van der Waals surface area contributed by atoms with Crippen LogP contribution in [-0.2, 0) is 15.5 Å². The van der Waals surface area contributed by atoms with Crippen LogP contribution in [0.25, 0.3) is 0 Å². The zero-order valence-corrected chi connectivity index (χ0v) is 10.9. The highest BCUT2D eigenvalue weighted by molar-refractivity contribution is 7.85. The van der Waals surface area contributed by atoms with Crippen LogP contribution in [0.1, 0.15) is 25.1 Å². The number of hydrogen-bond acceptors (Lipinski definition) is 3. The highest BCUT2D eigenvalue weighted by atomic mass is 32.2. The second kappa shape index (κ2) is 4.22. The van der Waals surface area contributed by atoms with Gasteiger partial charge in [-0.1, -0.05) is 26.0 Å². The summed E-state index contributed by atoms with van der Waals surface area (Å²) >= 11 is 0. The van der Waals surface area contributed by atoms with E-state index in [-0.39, 0.29) is 10.3 Å². The van der Waals surface area contributed by atoms with Gasteiger partial charge in [0, 0.05) is 17.3 Å². The maximum atomic E-state index is 11.0. The van der Waals surface area contributed by atoms with Crippen molar-refractivity contribution in [3.8, 4) is 0 Å². The van der Waals surface area contributed by atoms with E-state index in [0.717, 1.165) is 11.3 Å². The predicted molar refractivity (Wildman–Crippen MR) is 67.0 cm³/mol. The quantitative estimate of drug-likeness (QED) is 0.832. The van der Waals surface area contributed by atoms with Gasteiger partial charge >= 0.3 is 0 Å². The third-order valence-electron chi connectivity index (χ3n) is 3.05. The molecule has 0 aliphatic heterocycles. The molecule has 0 amide bonds. The van der Waals surface area contributed by atoms with Gasteiger partial charge in [-0.15, -0.1) is 0 Å². The van der Waals surface area contributed by atoms with Crippen LogP contribution in [0, 0.1) is 0 Å². The molecule has 0 aliphatic carbocycles. The van der Waals surface area contributed by atoms with E-state index in [1.54, 1.807) is 18.3 Å². The topological polar surface area (TPSA) is 83.1 Å². The molecular formula is C12H14N2O3S. The SMILES string of the molecule is CC(C)(c1ccc(S(=O)(=O)O)cc1)c1ccn[nH]1. The normalized spacial score (nSPS) is 12.6. The summed E-state index contributed by atoms with van der Waals surface area (Å²) in [6.45, 7) is 4.01. The van der Waals surface area contributed by atoms with Crippen LogP contribution < -0.4 is 0 Å². The van der Waals surface area contributed by atoms with Crippen molar-refractivity contribution >= 4 is 10.1 Å². The molecule has 18 heavy (non-hydrogen) atoms. The first-order valence-corrected chi connectivity index (χ1v) is 6.84. The Hall–Kier alpha value is -1.66. The number of hydrogen-bond donors (Lipinski definition) is 2. The first kappa shape index (κ1) is 12.8. The molecule has 96 valence electrons. The summed E-state index contributed by atoms with van der Waals surface area (Å²) in [6, 6.07) is 8.02. The molecule has 1 heterocycles. The van der Waals surface area contributed by atoms with E-state index >= 15 is 0 Å². The maximum absolute atomic E-state index is 11.0. The number of H-pyrrole nitrogens is 1. The Morgan fingerprint density at radius 2 is 1.78 bits per heavy atom. The molecule has 0 bridgehead atoms. The van der Waals surface area contributed by atoms with Crippen molar-refractivity contribution in [3.05, 3.63) is 47.8 Å². The Morgan fingerprint density at radius 1 is 1.17 bits per heavy atom. The lowest BCUT2D eigenvalue weighted by molar-refractivity contribution is 0.483. The third-order valence-corrected chi connectivity index (χ3v) is 3.92. The van der Waals surface area contributed by atoms with Gasteiger partial charge in [-0.25, -0.2) is 0 Å². The molecule has 1 aromatic heterocycles. The monoisotopic (exact) mass is 266 g/mol. The standard InChI is InChI=1S/C12H14N2O3S/c1-12(2,11-7-8-13-14-11)9-3-5-10(6-4-9)18(15,16)17/h3-8H,1-2H3,(H,13,14)(H,15,16,17). The van der Waals surface area contributed by atoms with Gasteiger partial charge < -0.3 is 0 Å². The second-order valence-corrected chi connectivity index (χ2v) is 6.02. The summed E-state index contributed by atoms with van der Waals surface area (Å²) in [5.74, 6) is 0. The molecule has 0 saturated carbocycles. The summed E-state index contributed by atoms with van der Waals surface area (Å²) in [7, 11) is -4.14. The number of aromatic nitrogens is 2. The van der Waals surface area contributed by atoms with E-state index in [0.29, 0.717) is 0 Å². The molecule has 2 aromatic rings. The highest BCUT2D eigenvalue weighted by Crippen LogP contribution is 2.30. The average Bonchev–Trinajstić information content (AvgIpc) is 2.82. The van der Waals surface area contributed by atoms with Crippen molar-refractivity contribution in [1.82, 2.24) is 10.2 Å². The van der Waals surface area contributed by atoms with Gasteiger partial charge in [0.1, 0.15) is 0 Å². The molecule has 6 heteroatoms. The van der Waals surface area contributed by atoms with Crippen molar-refractivity contribution in [1.29, 1.82) is 0 Å². The second-order valence-electron chi connectivity index (χ2n) is 4.59. The van der Waals surface area contributed by atoms with Crippen molar-refractivity contribution in [2.24, 2.45) is 0 Å². The van der Waals surface area contributed by atoms with Crippen molar-refractivity contribution < 1.29 is 13.0 Å². The summed E-state index contributed by atoms with van der Waals surface area (Å²) in [6.07, 6.45) is 1.67. The lowest BCUT2D eigenvalue weighted by atomic mass is 9.82. The van der Waals surface area contributed by atoms with Crippen LogP contribution in [0.4, 0.5) is 0 Å². The zero-order chi connectivity index (χ0) is 13.4. The Balaban J connectivity index is 2.42. The Bertz CT molecular complexity index is 628. The largest absolute Gasteiger partial charge is 0.294 e. The summed E-state index contributed by atoms with van der Waals surface area (Å²) < 4.78 is 30.8.